The number of amides is 1. The summed E-state index contributed by atoms with van der Waals surface area (Å²) in [7, 11) is 0. The fourth-order valence-electron chi connectivity index (χ4n) is 5.23. The summed E-state index contributed by atoms with van der Waals surface area (Å²) in [6, 6.07) is 15.1. The first kappa shape index (κ1) is 27.9. The Hall–Kier alpha value is -2.30. The summed E-state index contributed by atoms with van der Waals surface area (Å²) in [6.07, 6.45) is -0.197. The first-order valence-corrected chi connectivity index (χ1v) is 10.5. The molecule has 0 radical (unpaired) electrons. The predicted molar refractivity (Wildman–Crippen MR) is 143 cm³/mol. The van der Waals surface area contributed by atoms with Crippen LogP contribution in [0.15, 0.2) is 53.1 Å². The van der Waals surface area contributed by atoms with E-state index in [4.69, 9.17) is 4.52 Å². The third kappa shape index (κ3) is 4.05. The molecule has 1 unspecified atom stereocenters. The van der Waals surface area contributed by atoms with Gasteiger partial charge in [0, 0.05) is 29.4 Å². The van der Waals surface area contributed by atoms with Crippen LogP contribution in [0.5, 0.6) is 0 Å². The van der Waals surface area contributed by atoms with Crippen molar-refractivity contribution in [2.45, 2.75) is 45.4 Å². The zero-order chi connectivity index (χ0) is 21.8. The van der Waals surface area contributed by atoms with Crippen molar-refractivity contribution in [2.75, 3.05) is 18.5 Å². The third-order valence-electron chi connectivity index (χ3n) is 6.53. The van der Waals surface area contributed by atoms with Crippen molar-refractivity contribution < 1.29 is 19.5 Å². The fraction of sp³-hybridized carbons (Fsp3) is 0.360. The first-order valence-electron chi connectivity index (χ1n) is 10.5. The quantitative estimate of drug-likeness (QED) is 0.505. The van der Waals surface area contributed by atoms with Crippen molar-refractivity contribution in [1.29, 1.82) is 0 Å². The Kier molecular flexibility index (Phi) is 8.66. The smallest absolute Gasteiger partial charge is 0.254 e. The van der Waals surface area contributed by atoms with Crippen LogP contribution >= 0.6 is 27.0 Å². The lowest BCUT2D eigenvalue weighted by Crippen LogP contribution is -2.55. The van der Waals surface area contributed by atoms with Gasteiger partial charge in [-0.3, -0.25) is 9.69 Å². The van der Waals surface area contributed by atoms with Crippen molar-refractivity contribution in [3.8, 4) is 11.1 Å². The maximum atomic E-state index is 13.7. The molecule has 1 fully saturated rings. The van der Waals surface area contributed by atoms with Gasteiger partial charge in [-0.2, -0.15) is 27.0 Å². The van der Waals surface area contributed by atoms with E-state index in [1.165, 1.54) is 0 Å². The summed E-state index contributed by atoms with van der Waals surface area (Å²) < 4.78 is 5.37. The van der Waals surface area contributed by atoms with Gasteiger partial charge in [0.1, 0.15) is 5.76 Å². The Bertz CT molecular complexity index is 1130. The molecule has 0 aliphatic carbocycles. The minimum absolute atomic E-state index is 0. The van der Waals surface area contributed by atoms with Crippen LogP contribution in [-0.4, -0.2) is 51.5 Å². The number of nitrogens with one attached hydrogen (secondary N) is 1. The first-order chi connectivity index (χ1) is 15.0. The molecule has 0 bridgehead atoms. The van der Waals surface area contributed by atoms with Crippen molar-refractivity contribution in [1.82, 2.24) is 10.1 Å². The lowest BCUT2D eigenvalue weighted by atomic mass is 9.80. The Morgan fingerprint density at radius 1 is 1.18 bits per heavy atom. The molecule has 3 aromatic rings. The van der Waals surface area contributed by atoms with E-state index < -0.39 is 11.6 Å². The number of nitrogens with zero attached hydrogens (tertiary/aromatic N) is 2. The normalized spacial score (nSPS) is 23.4. The number of fused-ring (bicyclic) bond motifs is 1. The number of aromatic nitrogens is 1. The van der Waals surface area contributed by atoms with Gasteiger partial charge in [0.05, 0.1) is 18.4 Å². The molecule has 9 heteroatoms. The highest BCUT2D eigenvalue weighted by Crippen LogP contribution is 2.49. The Morgan fingerprint density at radius 3 is 2.50 bits per heavy atom. The summed E-state index contributed by atoms with van der Waals surface area (Å²) >= 11 is 0. The van der Waals surface area contributed by atoms with Crippen LogP contribution < -0.4 is 5.32 Å². The minimum Gasteiger partial charge on any atom is -0.395 e. The molecule has 3 heterocycles. The van der Waals surface area contributed by atoms with Gasteiger partial charge in [-0.25, -0.2) is 0 Å². The highest BCUT2D eigenvalue weighted by molar-refractivity contribution is 7.59. The minimum atomic E-state index is -1.16. The molecule has 2 aromatic carbocycles. The summed E-state index contributed by atoms with van der Waals surface area (Å²) in [5.41, 5.74) is 3.77. The summed E-state index contributed by atoms with van der Waals surface area (Å²) in [5, 5.41) is 27.6. The lowest BCUT2D eigenvalue weighted by molar-refractivity contribution is -0.126. The molecule has 184 valence electrons. The molecule has 1 aromatic heterocycles. The molecule has 0 spiro atoms. The van der Waals surface area contributed by atoms with E-state index in [2.05, 4.69) is 10.5 Å². The average Bonchev–Trinajstić information content (AvgIpc) is 3.40. The van der Waals surface area contributed by atoms with Gasteiger partial charge in [0.2, 0.25) is 0 Å². The van der Waals surface area contributed by atoms with Gasteiger partial charge in [0.15, 0.2) is 5.54 Å². The number of hydrogen-bond donors (Lipinski definition) is 3. The molecular weight excluding hydrogens is 470 g/mol. The van der Waals surface area contributed by atoms with E-state index in [9.17, 15) is 15.0 Å². The molecule has 1 saturated heterocycles. The number of carbonyl (C=O) groups excluding carboxylic acids is 1. The van der Waals surface area contributed by atoms with E-state index in [0.717, 1.165) is 33.6 Å². The predicted octanol–water partition coefficient (Wildman–Crippen LogP) is 3.44. The Labute approximate surface area is 214 Å². The van der Waals surface area contributed by atoms with Crippen LogP contribution in [0.2, 0.25) is 0 Å². The number of likely N-dealkylation sites (tertiary alicyclic amines) is 1. The maximum Gasteiger partial charge on any atom is 0.254 e. The highest BCUT2D eigenvalue weighted by atomic mass is 32.1. The molecule has 3 N–H and O–H groups in total. The van der Waals surface area contributed by atoms with E-state index in [1.807, 2.05) is 67.3 Å². The zero-order valence-electron chi connectivity index (χ0n) is 18.5. The van der Waals surface area contributed by atoms with Crippen LogP contribution in [0, 0.1) is 13.8 Å². The number of hydrogen-bond acceptors (Lipinski definition) is 6. The molecular formula is C25H33N3O4S2. The highest BCUT2D eigenvalue weighted by Gasteiger charge is 2.56. The summed E-state index contributed by atoms with van der Waals surface area (Å²) in [4.78, 5) is 15.6. The van der Waals surface area contributed by atoms with Crippen molar-refractivity contribution in [2.24, 2.45) is 0 Å². The molecule has 0 saturated carbocycles. The number of β-amino-alcohol motifs (C(OH)–C–C–N with tert-alkyl or cyclic N) is 1. The third-order valence-corrected chi connectivity index (χ3v) is 6.53. The Balaban J connectivity index is 0.00000136. The molecule has 3 atom stereocenters. The summed E-state index contributed by atoms with van der Waals surface area (Å²) in [6.45, 7) is 3.92. The average molecular weight is 504 g/mol. The number of aliphatic hydroxyl groups is 2. The van der Waals surface area contributed by atoms with Crippen LogP contribution in [0.4, 0.5) is 5.69 Å². The van der Waals surface area contributed by atoms with Crippen molar-refractivity contribution in [3.63, 3.8) is 0 Å². The molecule has 2 aliphatic heterocycles. The summed E-state index contributed by atoms with van der Waals surface area (Å²) in [5.74, 6) is 0.530. The molecule has 2 aliphatic rings. The fourth-order valence-corrected chi connectivity index (χ4v) is 5.23. The van der Waals surface area contributed by atoms with Gasteiger partial charge in [-0.1, -0.05) is 49.0 Å². The second-order valence-corrected chi connectivity index (χ2v) is 8.37. The molecule has 34 heavy (non-hydrogen) atoms. The monoisotopic (exact) mass is 503 g/mol. The number of anilines is 1. The lowest BCUT2D eigenvalue weighted by Gasteiger charge is -2.40. The van der Waals surface area contributed by atoms with Gasteiger partial charge in [-0.05, 0) is 43.5 Å². The van der Waals surface area contributed by atoms with Gasteiger partial charge in [0.25, 0.3) is 5.91 Å². The molecule has 1 amide bonds. The zero-order valence-corrected chi connectivity index (χ0v) is 20.5. The SMILES string of the molecule is C.Cc1noc(C)c1-c1ccc2c(c1)C(c1ccccc1)(N1C[C@@H](O)C[C@H]1CO)C(=O)N2.S.S. The van der Waals surface area contributed by atoms with E-state index in [-0.39, 0.29) is 53.0 Å². The number of benzene rings is 2. The number of aliphatic hydroxyl groups excluding tert-OH is 2. The molecule has 7 nitrogen and oxygen atoms in total. The van der Waals surface area contributed by atoms with Crippen LogP contribution in [0.1, 0.15) is 36.4 Å². The van der Waals surface area contributed by atoms with Crippen LogP contribution in [0.3, 0.4) is 0 Å². The van der Waals surface area contributed by atoms with Gasteiger partial charge in [-0.15, -0.1) is 0 Å². The standard InChI is InChI=1S/C24H25N3O4.CH4.2H2S/c1-14-22(15(2)31-26-14)16-8-9-21-20(10-16)24(23(30)25-21,17-6-4-3-5-7-17)27-12-19(29)11-18(27)13-28;;;/h3-10,18-19,28-29H,11-13H2,1-2H3,(H,25,30);1H4;2*1H2/t18-,19-,24?;;;/m0.../s1. The number of carbonyl (C=O) groups is 1. The van der Waals surface area contributed by atoms with E-state index in [1.54, 1.807) is 0 Å². The van der Waals surface area contributed by atoms with Crippen LogP contribution in [-0.2, 0) is 10.3 Å². The van der Waals surface area contributed by atoms with Crippen molar-refractivity contribution in [3.05, 3.63) is 71.1 Å². The van der Waals surface area contributed by atoms with Crippen LogP contribution in [0.25, 0.3) is 11.1 Å². The topological polar surface area (TPSA) is 98.8 Å². The maximum absolute atomic E-state index is 13.7. The van der Waals surface area contributed by atoms with Gasteiger partial charge < -0.3 is 20.1 Å². The molecule has 5 rings (SSSR count). The van der Waals surface area contributed by atoms with E-state index in [0.29, 0.717) is 18.7 Å². The second kappa shape index (κ2) is 10.5. The second-order valence-electron chi connectivity index (χ2n) is 8.37. The van der Waals surface area contributed by atoms with Crippen molar-refractivity contribution >= 4 is 38.6 Å². The Morgan fingerprint density at radius 2 is 1.88 bits per heavy atom. The largest absolute Gasteiger partial charge is 0.395 e. The number of aryl methyl sites for hydroxylation is 2. The van der Waals surface area contributed by atoms with Gasteiger partial charge >= 0.3 is 0 Å². The number of rotatable bonds is 4. The van der Waals surface area contributed by atoms with E-state index >= 15 is 0 Å².